The Morgan fingerprint density at radius 1 is 1.24 bits per heavy atom. The van der Waals surface area contributed by atoms with Crippen LogP contribution in [0.3, 0.4) is 0 Å². The lowest BCUT2D eigenvalue weighted by Crippen LogP contribution is -2.37. The summed E-state index contributed by atoms with van der Waals surface area (Å²) in [7, 11) is 0. The minimum Gasteiger partial charge on any atom is -0.370 e. The molecule has 4 heteroatoms. The van der Waals surface area contributed by atoms with Gasteiger partial charge in [-0.1, -0.05) is 20.3 Å². The smallest absolute Gasteiger partial charge is 0.254 e. The number of anilines is 1. The first kappa shape index (κ1) is 17.5. The summed E-state index contributed by atoms with van der Waals surface area (Å²) in [5.41, 5.74) is 1.73. The van der Waals surface area contributed by atoms with Gasteiger partial charge in [-0.25, -0.2) is 4.98 Å². The van der Waals surface area contributed by atoms with E-state index >= 15 is 0 Å². The molecule has 0 spiro atoms. The lowest BCUT2D eigenvalue weighted by molar-refractivity contribution is 0.0705. The molecule has 0 aliphatic carbocycles. The molecule has 1 aromatic rings. The number of carbonyl (C=O) groups is 1. The van der Waals surface area contributed by atoms with E-state index in [1.165, 1.54) is 0 Å². The highest BCUT2D eigenvalue weighted by Crippen LogP contribution is 2.16. The summed E-state index contributed by atoms with van der Waals surface area (Å²) in [6.07, 6.45) is 2.89. The van der Waals surface area contributed by atoms with Crippen LogP contribution >= 0.6 is 0 Å². The Kier molecular flexibility index (Phi) is 7.20. The van der Waals surface area contributed by atoms with Gasteiger partial charge in [-0.15, -0.1) is 0 Å². The Bertz CT molecular complexity index is 433. The maximum atomic E-state index is 12.8. The van der Waals surface area contributed by atoms with Crippen molar-refractivity contribution in [1.82, 2.24) is 9.88 Å². The van der Waals surface area contributed by atoms with Gasteiger partial charge in [0.15, 0.2) is 0 Å². The summed E-state index contributed by atoms with van der Waals surface area (Å²) in [4.78, 5) is 19.3. The van der Waals surface area contributed by atoms with Crippen LogP contribution in [0.2, 0.25) is 0 Å². The topological polar surface area (TPSA) is 45.2 Å². The molecule has 0 radical (unpaired) electrons. The van der Waals surface area contributed by atoms with Gasteiger partial charge in [0.1, 0.15) is 5.82 Å². The number of pyridine rings is 1. The summed E-state index contributed by atoms with van der Waals surface area (Å²) in [6, 6.07) is 4.02. The van der Waals surface area contributed by atoms with Gasteiger partial charge in [0.05, 0.1) is 0 Å². The van der Waals surface area contributed by atoms with Gasteiger partial charge in [0.2, 0.25) is 0 Å². The summed E-state index contributed by atoms with van der Waals surface area (Å²) in [5, 5.41) is 3.22. The molecule has 0 aromatic carbocycles. The molecule has 118 valence electrons. The van der Waals surface area contributed by atoms with Crippen molar-refractivity contribution in [2.75, 3.05) is 18.4 Å². The van der Waals surface area contributed by atoms with Crippen LogP contribution in [0.4, 0.5) is 5.82 Å². The fourth-order valence-electron chi connectivity index (χ4n) is 2.37. The van der Waals surface area contributed by atoms with Gasteiger partial charge in [-0.05, 0) is 45.7 Å². The largest absolute Gasteiger partial charge is 0.370 e. The van der Waals surface area contributed by atoms with Gasteiger partial charge in [0.25, 0.3) is 5.91 Å². The van der Waals surface area contributed by atoms with Gasteiger partial charge in [-0.3, -0.25) is 4.79 Å². The second kappa shape index (κ2) is 8.65. The monoisotopic (exact) mass is 291 g/mol. The maximum Gasteiger partial charge on any atom is 0.254 e. The molecule has 1 rings (SSSR count). The van der Waals surface area contributed by atoms with E-state index in [0.717, 1.165) is 49.4 Å². The predicted octanol–water partition coefficient (Wildman–Crippen LogP) is 3.73. The van der Waals surface area contributed by atoms with Crippen molar-refractivity contribution in [3.8, 4) is 0 Å². The van der Waals surface area contributed by atoms with E-state index in [0.29, 0.717) is 0 Å². The van der Waals surface area contributed by atoms with Crippen LogP contribution in [-0.4, -0.2) is 34.9 Å². The molecule has 0 aliphatic heterocycles. The molecule has 0 unspecified atom stereocenters. The molecule has 0 saturated carbocycles. The van der Waals surface area contributed by atoms with E-state index in [4.69, 9.17) is 0 Å². The van der Waals surface area contributed by atoms with E-state index in [-0.39, 0.29) is 11.9 Å². The van der Waals surface area contributed by atoms with E-state index in [2.05, 4.69) is 38.0 Å². The zero-order valence-electron chi connectivity index (χ0n) is 14.1. The highest BCUT2D eigenvalue weighted by atomic mass is 16.2. The van der Waals surface area contributed by atoms with Crippen molar-refractivity contribution in [1.29, 1.82) is 0 Å². The molecule has 0 aliphatic rings. The van der Waals surface area contributed by atoms with Crippen molar-refractivity contribution in [3.63, 3.8) is 0 Å². The molecule has 4 nitrogen and oxygen atoms in total. The Balaban J connectivity index is 3.10. The number of hydrogen-bond donors (Lipinski definition) is 1. The fourth-order valence-corrected chi connectivity index (χ4v) is 2.37. The van der Waals surface area contributed by atoms with E-state index < -0.39 is 0 Å². The van der Waals surface area contributed by atoms with Gasteiger partial charge in [-0.2, -0.15) is 0 Å². The Hall–Kier alpha value is -1.58. The molecule has 0 bridgehead atoms. The van der Waals surface area contributed by atoms with Gasteiger partial charge < -0.3 is 10.2 Å². The van der Waals surface area contributed by atoms with Crippen LogP contribution < -0.4 is 5.32 Å². The zero-order chi connectivity index (χ0) is 15.8. The van der Waals surface area contributed by atoms with Crippen LogP contribution in [0.1, 0.15) is 63.5 Å². The third kappa shape index (κ3) is 5.03. The summed E-state index contributed by atoms with van der Waals surface area (Å²) in [6.45, 7) is 12.0. The second-order valence-corrected chi connectivity index (χ2v) is 5.61. The normalized spacial score (nSPS) is 10.8. The molecule has 1 N–H and O–H groups in total. The first-order valence-corrected chi connectivity index (χ1v) is 8.09. The number of rotatable bonds is 8. The average Bonchev–Trinajstić information content (AvgIpc) is 2.44. The first-order valence-electron chi connectivity index (χ1n) is 8.09. The standard InChI is InChI=1S/C17H29N3O/c1-6-9-15-11-14(12-16(19-15)18-8-3)17(21)20(10-7-2)13(4)5/h11-13H,6-10H2,1-5H3,(H,18,19). The van der Waals surface area contributed by atoms with Crippen molar-refractivity contribution in [2.24, 2.45) is 0 Å². The number of hydrogen-bond acceptors (Lipinski definition) is 3. The van der Waals surface area contributed by atoms with E-state index in [9.17, 15) is 4.79 Å². The minimum atomic E-state index is 0.103. The molecule has 1 heterocycles. The summed E-state index contributed by atoms with van der Waals surface area (Å²) >= 11 is 0. The number of aryl methyl sites for hydroxylation is 1. The molecular formula is C17H29N3O. The third-order valence-corrected chi connectivity index (χ3v) is 3.34. The summed E-state index contributed by atoms with van der Waals surface area (Å²) in [5.74, 6) is 0.901. The maximum absolute atomic E-state index is 12.8. The predicted molar refractivity (Wildman–Crippen MR) is 88.9 cm³/mol. The molecule has 0 atom stereocenters. The molecular weight excluding hydrogens is 262 g/mol. The molecule has 1 amide bonds. The van der Waals surface area contributed by atoms with E-state index in [1.807, 2.05) is 24.0 Å². The third-order valence-electron chi connectivity index (χ3n) is 3.34. The lowest BCUT2D eigenvalue weighted by atomic mass is 10.1. The molecule has 1 aromatic heterocycles. The lowest BCUT2D eigenvalue weighted by Gasteiger charge is -2.26. The Morgan fingerprint density at radius 3 is 2.48 bits per heavy atom. The van der Waals surface area contributed by atoms with Crippen LogP contribution in [0.15, 0.2) is 12.1 Å². The number of aromatic nitrogens is 1. The Labute approximate surface area is 129 Å². The molecule has 21 heavy (non-hydrogen) atoms. The SMILES string of the molecule is CCCc1cc(C(=O)N(CCC)C(C)C)cc(NCC)n1. The highest BCUT2D eigenvalue weighted by molar-refractivity contribution is 5.95. The molecule has 0 fully saturated rings. The quantitative estimate of drug-likeness (QED) is 0.794. The first-order chi connectivity index (χ1) is 10.0. The number of carbonyl (C=O) groups excluding carboxylic acids is 1. The number of nitrogens with one attached hydrogen (secondary N) is 1. The van der Waals surface area contributed by atoms with Crippen molar-refractivity contribution in [3.05, 3.63) is 23.4 Å². The van der Waals surface area contributed by atoms with Crippen molar-refractivity contribution in [2.45, 2.75) is 59.9 Å². The van der Waals surface area contributed by atoms with Gasteiger partial charge >= 0.3 is 0 Å². The number of amides is 1. The minimum absolute atomic E-state index is 0.103. The average molecular weight is 291 g/mol. The fraction of sp³-hybridized carbons (Fsp3) is 0.647. The zero-order valence-corrected chi connectivity index (χ0v) is 14.1. The highest BCUT2D eigenvalue weighted by Gasteiger charge is 2.19. The van der Waals surface area contributed by atoms with Crippen LogP contribution in [0, 0.1) is 0 Å². The Morgan fingerprint density at radius 2 is 1.95 bits per heavy atom. The van der Waals surface area contributed by atoms with Crippen LogP contribution in [0.5, 0.6) is 0 Å². The van der Waals surface area contributed by atoms with Crippen molar-refractivity contribution < 1.29 is 4.79 Å². The van der Waals surface area contributed by atoms with Gasteiger partial charge in [0, 0.05) is 30.4 Å². The second-order valence-electron chi connectivity index (χ2n) is 5.61. The van der Waals surface area contributed by atoms with Crippen LogP contribution in [0.25, 0.3) is 0 Å². The van der Waals surface area contributed by atoms with Crippen molar-refractivity contribution >= 4 is 11.7 Å². The van der Waals surface area contributed by atoms with Crippen LogP contribution in [-0.2, 0) is 6.42 Å². The summed E-state index contributed by atoms with van der Waals surface area (Å²) < 4.78 is 0. The van der Waals surface area contributed by atoms with E-state index in [1.54, 1.807) is 0 Å². The molecule has 0 saturated heterocycles. The number of nitrogens with zero attached hydrogens (tertiary/aromatic N) is 2.